The molecule has 1 saturated heterocycles. The number of hydrogen-bond acceptors (Lipinski definition) is 4. The number of primary amides is 1. The summed E-state index contributed by atoms with van der Waals surface area (Å²) in [6, 6.07) is 5.28. The van der Waals surface area contributed by atoms with Gasteiger partial charge in [-0.2, -0.15) is 0 Å². The average molecular weight is 278 g/mol. The van der Waals surface area contributed by atoms with E-state index in [2.05, 4.69) is 0 Å². The molecule has 1 amide bonds. The van der Waals surface area contributed by atoms with Gasteiger partial charge in [0, 0.05) is 17.8 Å². The van der Waals surface area contributed by atoms with E-state index < -0.39 is 6.10 Å². The number of nitrogens with two attached hydrogens (primary N) is 1. The zero-order chi connectivity index (χ0) is 14.7. The summed E-state index contributed by atoms with van der Waals surface area (Å²) in [5.41, 5.74) is 7.06. The van der Waals surface area contributed by atoms with Crippen molar-refractivity contribution >= 4 is 11.6 Å². The van der Waals surface area contributed by atoms with Crippen molar-refractivity contribution < 1.29 is 14.6 Å². The van der Waals surface area contributed by atoms with Gasteiger partial charge in [-0.25, -0.2) is 0 Å². The van der Waals surface area contributed by atoms with Gasteiger partial charge in [-0.15, -0.1) is 0 Å². The van der Waals surface area contributed by atoms with E-state index in [4.69, 9.17) is 10.5 Å². The summed E-state index contributed by atoms with van der Waals surface area (Å²) >= 11 is 0. The van der Waals surface area contributed by atoms with Gasteiger partial charge in [-0.05, 0) is 38.3 Å². The van der Waals surface area contributed by atoms with Crippen LogP contribution < -0.4 is 15.4 Å². The van der Waals surface area contributed by atoms with E-state index in [0.29, 0.717) is 11.3 Å². The van der Waals surface area contributed by atoms with Crippen molar-refractivity contribution in [3.05, 3.63) is 23.8 Å². The molecule has 1 aliphatic rings. The Hall–Kier alpha value is -1.75. The molecule has 0 saturated carbocycles. The van der Waals surface area contributed by atoms with Crippen molar-refractivity contribution in [3.8, 4) is 5.75 Å². The zero-order valence-electron chi connectivity index (χ0n) is 12.0. The first-order valence-electron chi connectivity index (χ1n) is 6.97. The molecule has 2 rings (SSSR count). The molecule has 1 aromatic rings. The van der Waals surface area contributed by atoms with Gasteiger partial charge in [0.2, 0.25) is 5.91 Å². The van der Waals surface area contributed by atoms with Crippen molar-refractivity contribution in [2.24, 2.45) is 5.73 Å². The number of carbonyl (C=O) groups is 1. The Morgan fingerprint density at radius 2 is 2.25 bits per heavy atom. The third-order valence-electron chi connectivity index (χ3n) is 3.82. The molecule has 1 fully saturated rings. The number of nitrogens with zero attached hydrogens (tertiary/aromatic N) is 1. The Kier molecular flexibility index (Phi) is 4.49. The molecule has 0 spiro atoms. The van der Waals surface area contributed by atoms with Gasteiger partial charge < -0.3 is 20.5 Å². The number of ether oxygens (including phenoxy) is 1. The fourth-order valence-corrected chi connectivity index (χ4v) is 2.90. The summed E-state index contributed by atoms with van der Waals surface area (Å²) < 4.78 is 5.33. The van der Waals surface area contributed by atoms with Crippen molar-refractivity contribution in [1.29, 1.82) is 0 Å². The molecule has 2 atom stereocenters. The average Bonchev–Trinajstić information content (AvgIpc) is 2.46. The Balaban J connectivity index is 2.47. The van der Waals surface area contributed by atoms with Crippen molar-refractivity contribution in [1.82, 2.24) is 0 Å². The number of anilines is 1. The summed E-state index contributed by atoms with van der Waals surface area (Å²) in [6.45, 7) is 2.46. The third kappa shape index (κ3) is 2.72. The number of amides is 1. The van der Waals surface area contributed by atoms with Gasteiger partial charge in [0.15, 0.2) is 0 Å². The number of aliphatic hydroxyl groups excluding tert-OH is 1. The van der Waals surface area contributed by atoms with Gasteiger partial charge in [-0.1, -0.05) is 6.07 Å². The number of piperidine rings is 1. The molecule has 20 heavy (non-hydrogen) atoms. The van der Waals surface area contributed by atoms with Gasteiger partial charge in [0.25, 0.3) is 0 Å². The second-order valence-electron chi connectivity index (χ2n) is 5.18. The highest BCUT2D eigenvalue weighted by molar-refractivity contribution is 5.84. The van der Waals surface area contributed by atoms with Crippen LogP contribution in [0.2, 0.25) is 0 Å². The number of methoxy groups -OCH3 is 1. The molecule has 1 unspecified atom stereocenters. The number of carbonyl (C=O) groups excluding carboxylic acids is 1. The molecule has 3 N–H and O–H groups in total. The number of benzene rings is 1. The van der Waals surface area contributed by atoms with Crippen LogP contribution in [0.15, 0.2) is 18.2 Å². The normalized spacial score (nSPS) is 20.6. The second-order valence-corrected chi connectivity index (χ2v) is 5.18. The first kappa shape index (κ1) is 14.7. The van der Waals surface area contributed by atoms with Crippen LogP contribution in [0, 0.1) is 0 Å². The molecular weight excluding hydrogens is 256 g/mol. The van der Waals surface area contributed by atoms with E-state index in [-0.39, 0.29) is 11.9 Å². The third-order valence-corrected chi connectivity index (χ3v) is 3.82. The Labute approximate surface area is 119 Å². The molecular formula is C15H22N2O3. The molecule has 0 aromatic heterocycles. The van der Waals surface area contributed by atoms with Crippen molar-refractivity contribution in [2.45, 2.75) is 38.3 Å². The highest BCUT2D eigenvalue weighted by Crippen LogP contribution is 2.37. The second kappa shape index (κ2) is 6.13. The number of rotatable bonds is 4. The highest BCUT2D eigenvalue weighted by atomic mass is 16.5. The first-order valence-corrected chi connectivity index (χ1v) is 6.97. The minimum atomic E-state index is -0.670. The predicted molar refractivity (Wildman–Crippen MR) is 77.8 cm³/mol. The van der Waals surface area contributed by atoms with Crippen LogP contribution in [0.25, 0.3) is 0 Å². The quantitative estimate of drug-likeness (QED) is 0.877. The fraction of sp³-hybridized carbons (Fsp3) is 0.533. The van der Waals surface area contributed by atoms with Crippen LogP contribution in [0.5, 0.6) is 5.75 Å². The van der Waals surface area contributed by atoms with Crippen LogP contribution in [0.4, 0.5) is 5.69 Å². The first-order chi connectivity index (χ1) is 9.56. The van der Waals surface area contributed by atoms with Crippen molar-refractivity contribution in [2.75, 3.05) is 18.6 Å². The standard InChI is InChI=1S/C15H22N2O3/c1-10(18)14-11(7-5-8-13(14)20-2)17-9-4-3-6-12(17)15(16)19/h5,7-8,10,12,18H,3-4,6,9H2,1-2H3,(H2,16,19)/t10-,12?/m1/s1. The van der Waals surface area contributed by atoms with Crippen LogP contribution in [0.1, 0.15) is 37.9 Å². The van der Waals surface area contributed by atoms with E-state index >= 15 is 0 Å². The summed E-state index contributed by atoms with van der Waals surface area (Å²) in [4.78, 5) is 13.7. The lowest BCUT2D eigenvalue weighted by Crippen LogP contribution is -2.48. The lowest BCUT2D eigenvalue weighted by molar-refractivity contribution is -0.119. The van der Waals surface area contributed by atoms with Crippen LogP contribution in [-0.2, 0) is 4.79 Å². The molecule has 1 aliphatic heterocycles. The summed E-state index contributed by atoms with van der Waals surface area (Å²) in [6.07, 6.45) is 2.10. The van der Waals surface area contributed by atoms with Crippen LogP contribution >= 0.6 is 0 Å². The number of hydrogen-bond donors (Lipinski definition) is 2. The van der Waals surface area contributed by atoms with Crippen LogP contribution in [0.3, 0.4) is 0 Å². The lowest BCUT2D eigenvalue weighted by atomic mass is 9.97. The van der Waals surface area contributed by atoms with E-state index in [0.717, 1.165) is 31.5 Å². The van der Waals surface area contributed by atoms with Gasteiger partial charge in [0.05, 0.1) is 13.2 Å². The SMILES string of the molecule is COc1cccc(N2CCCCC2C(N)=O)c1[C@@H](C)O. The molecule has 0 radical (unpaired) electrons. The smallest absolute Gasteiger partial charge is 0.240 e. The summed E-state index contributed by atoms with van der Waals surface area (Å²) in [5, 5.41) is 10.0. The molecule has 5 nitrogen and oxygen atoms in total. The van der Waals surface area contributed by atoms with E-state index in [9.17, 15) is 9.90 Å². The summed E-state index contributed by atoms with van der Waals surface area (Å²) in [5.74, 6) is 0.315. The monoisotopic (exact) mass is 278 g/mol. The predicted octanol–water partition coefficient (Wildman–Crippen LogP) is 1.59. The topological polar surface area (TPSA) is 75.8 Å². The number of aliphatic hydroxyl groups is 1. The van der Waals surface area contributed by atoms with E-state index in [1.165, 1.54) is 0 Å². The summed E-state index contributed by atoms with van der Waals surface area (Å²) in [7, 11) is 1.58. The lowest BCUT2D eigenvalue weighted by Gasteiger charge is -2.37. The molecule has 1 aromatic carbocycles. The van der Waals surface area contributed by atoms with E-state index in [1.54, 1.807) is 14.0 Å². The highest BCUT2D eigenvalue weighted by Gasteiger charge is 2.30. The Morgan fingerprint density at radius 3 is 2.85 bits per heavy atom. The Bertz CT molecular complexity index is 488. The maximum absolute atomic E-state index is 11.7. The molecule has 110 valence electrons. The zero-order valence-corrected chi connectivity index (χ0v) is 12.0. The van der Waals surface area contributed by atoms with Gasteiger partial charge in [-0.3, -0.25) is 4.79 Å². The van der Waals surface area contributed by atoms with Gasteiger partial charge in [0.1, 0.15) is 11.8 Å². The molecule has 1 heterocycles. The molecule has 5 heteroatoms. The van der Waals surface area contributed by atoms with Gasteiger partial charge >= 0.3 is 0 Å². The van der Waals surface area contributed by atoms with Crippen molar-refractivity contribution in [3.63, 3.8) is 0 Å². The van der Waals surface area contributed by atoms with Crippen LogP contribution in [-0.4, -0.2) is 30.7 Å². The fourth-order valence-electron chi connectivity index (χ4n) is 2.90. The Morgan fingerprint density at radius 1 is 1.50 bits per heavy atom. The maximum atomic E-state index is 11.7. The largest absolute Gasteiger partial charge is 0.496 e. The molecule has 0 bridgehead atoms. The maximum Gasteiger partial charge on any atom is 0.240 e. The van der Waals surface area contributed by atoms with E-state index in [1.807, 2.05) is 23.1 Å². The minimum absolute atomic E-state index is 0.312. The minimum Gasteiger partial charge on any atom is -0.496 e. The molecule has 0 aliphatic carbocycles.